The number of benzene rings is 1. The molecule has 6 heteroatoms. The third kappa shape index (κ3) is 3.41. The summed E-state index contributed by atoms with van der Waals surface area (Å²) in [5.74, 6) is 2.04. The molecule has 106 valence electrons. The molecule has 0 spiro atoms. The minimum Gasteiger partial charge on any atom is -0.440 e. The molecule has 0 unspecified atom stereocenters. The minimum absolute atomic E-state index is 0.273. The standard InChI is InChI=1S/C15H12FN3OS/c16-11-3-1-10(2-4-11)13-8-19-15(20-13)9-21-12-5-6-14(17)18-7-12/h1-8H,9H2,(H2,17,18). The van der Waals surface area contributed by atoms with Crippen molar-refractivity contribution in [1.82, 2.24) is 9.97 Å². The quantitative estimate of drug-likeness (QED) is 0.743. The maximum absolute atomic E-state index is 12.9. The zero-order valence-electron chi connectivity index (χ0n) is 11.0. The first-order valence-electron chi connectivity index (χ1n) is 6.26. The van der Waals surface area contributed by atoms with Gasteiger partial charge in [0.05, 0.1) is 11.9 Å². The zero-order chi connectivity index (χ0) is 14.7. The van der Waals surface area contributed by atoms with Gasteiger partial charge in [-0.3, -0.25) is 0 Å². The van der Waals surface area contributed by atoms with Gasteiger partial charge in [0.2, 0.25) is 5.89 Å². The lowest BCUT2D eigenvalue weighted by atomic mass is 10.2. The number of hydrogen-bond donors (Lipinski definition) is 1. The average Bonchev–Trinajstić information content (AvgIpc) is 2.96. The van der Waals surface area contributed by atoms with Crippen LogP contribution in [0.2, 0.25) is 0 Å². The fourth-order valence-corrected chi connectivity index (χ4v) is 2.46. The monoisotopic (exact) mass is 301 g/mol. The highest BCUT2D eigenvalue weighted by Gasteiger charge is 2.07. The molecule has 4 nitrogen and oxygen atoms in total. The number of thioether (sulfide) groups is 1. The van der Waals surface area contributed by atoms with E-state index in [2.05, 4.69) is 9.97 Å². The molecule has 2 aromatic heterocycles. The van der Waals surface area contributed by atoms with Crippen LogP contribution in [0.1, 0.15) is 5.89 Å². The Bertz CT molecular complexity index is 725. The SMILES string of the molecule is Nc1ccc(SCc2ncc(-c3ccc(F)cc3)o2)cn1. The van der Waals surface area contributed by atoms with Crippen molar-refractivity contribution < 1.29 is 8.81 Å². The predicted molar refractivity (Wildman–Crippen MR) is 80.1 cm³/mol. The van der Waals surface area contributed by atoms with Gasteiger partial charge in [-0.1, -0.05) is 0 Å². The van der Waals surface area contributed by atoms with Crippen LogP contribution < -0.4 is 5.73 Å². The Hall–Kier alpha value is -2.34. The van der Waals surface area contributed by atoms with E-state index in [1.807, 2.05) is 6.07 Å². The maximum atomic E-state index is 12.9. The molecule has 0 radical (unpaired) electrons. The molecule has 0 fully saturated rings. The third-order valence-corrected chi connectivity index (χ3v) is 3.77. The molecule has 0 aliphatic heterocycles. The van der Waals surface area contributed by atoms with Crippen molar-refractivity contribution in [3.63, 3.8) is 0 Å². The van der Waals surface area contributed by atoms with Crippen molar-refractivity contribution in [1.29, 1.82) is 0 Å². The second-order valence-electron chi connectivity index (χ2n) is 4.33. The fourth-order valence-electron chi connectivity index (χ4n) is 1.75. The van der Waals surface area contributed by atoms with Crippen molar-refractivity contribution in [3.8, 4) is 11.3 Å². The Labute approximate surface area is 125 Å². The Morgan fingerprint density at radius 2 is 1.86 bits per heavy atom. The average molecular weight is 301 g/mol. The van der Waals surface area contributed by atoms with Gasteiger partial charge in [-0.2, -0.15) is 0 Å². The van der Waals surface area contributed by atoms with Gasteiger partial charge in [0.25, 0.3) is 0 Å². The molecule has 0 bridgehead atoms. The highest BCUT2D eigenvalue weighted by Crippen LogP contribution is 2.25. The van der Waals surface area contributed by atoms with Gasteiger partial charge in [-0.05, 0) is 36.4 Å². The number of halogens is 1. The van der Waals surface area contributed by atoms with E-state index in [4.69, 9.17) is 10.2 Å². The lowest BCUT2D eigenvalue weighted by molar-refractivity contribution is 0.530. The second-order valence-corrected chi connectivity index (χ2v) is 5.38. The first-order chi connectivity index (χ1) is 10.2. The van der Waals surface area contributed by atoms with Gasteiger partial charge in [0, 0.05) is 16.7 Å². The minimum atomic E-state index is -0.273. The van der Waals surface area contributed by atoms with Crippen LogP contribution in [-0.4, -0.2) is 9.97 Å². The lowest BCUT2D eigenvalue weighted by Gasteiger charge is -1.99. The Kier molecular flexibility index (Phi) is 3.87. The van der Waals surface area contributed by atoms with Crippen LogP contribution in [-0.2, 0) is 5.75 Å². The van der Waals surface area contributed by atoms with Gasteiger partial charge in [0.15, 0.2) is 5.76 Å². The van der Waals surface area contributed by atoms with Crippen molar-refractivity contribution in [2.24, 2.45) is 0 Å². The fraction of sp³-hybridized carbons (Fsp3) is 0.0667. The Morgan fingerprint density at radius 3 is 2.57 bits per heavy atom. The summed E-state index contributed by atoms with van der Waals surface area (Å²) in [5, 5.41) is 0. The number of hydrogen-bond acceptors (Lipinski definition) is 5. The van der Waals surface area contributed by atoms with E-state index in [0.717, 1.165) is 10.5 Å². The van der Waals surface area contributed by atoms with Crippen molar-refractivity contribution in [2.45, 2.75) is 10.6 Å². The third-order valence-electron chi connectivity index (χ3n) is 2.80. The van der Waals surface area contributed by atoms with E-state index in [9.17, 15) is 4.39 Å². The maximum Gasteiger partial charge on any atom is 0.205 e. The van der Waals surface area contributed by atoms with Crippen molar-refractivity contribution in [2.75, 3.05) is 5.73 Å². The van der Waals surface area contributed by atoms with E-state index >= 15 is 0 Å². The Morgan fingerprint density at radius 1 is 1.05 bits per heavy atom. The number of anilines is 1. The highest BCUT2D eigenvalue weighted by atomic mass is 32.2. The van der Waals surface area contributed by atoms with Gasteiger partial charge in [-0.15, -0.1) is 11.8 Å². The largest absolute Gasteiger partial charge is 0.440 e. The van der Waals surface area contributed by atoms with Crippen molar-refractivity contribution >= 4 is 17.6 Å². The van der Waals surface area contributed by atoms with E-state index in [-0.39, 0.29) is 5.82 Å². The molecule has 2 heterocycles. The second kappa shape index (κ2) is 5.97. The summed E-state index contributed by atoms with van der Waals surface area (Å²) in [5.41, 5.74) is 6.33. The number of nitrogens with zero attached hydrogens (tertiary/aromatic N) is 2. The van der Waals surface area contributed by atoms with E-state index in [0.29, 0.717) is 23.2 Å². The molecule has 0 saturated carbocycles. The van der Waals surface area contributed by atoms with Crippen LogP contribution in [0.3, 0.4) is 0 Å². The van der Waals surface area contributed by atoms with Crippen LogP contribution in [0.4, 0.5) is 10.2 Å². The van der Waals surface area contributed by atoms with Crippen molar-refractivity contribution in [3.05, 3.63) is 60.5 Å². The van der Waals surface area contributed by atoms with E-state index in [1.165, 1.54) is 12.1 Å². The highest BCUT2D eigenvalue weighted by molar-refractivity contribution is 7.98. The molecule has 0 saturated heterocycles. The summed E-state index contributed by atoms with van der Waals surface area (Å²) in [7, 11) is 0. The van der Waals surface area contributed by atoms with Gasteiger partial charge >= 0.3 is 0 Å². The Balaban J connectivity index is 1.67. The van der Waals surface area contributed by atoms with Crippen LogP contribution >= 0.6 is 11.8 Å². The molecular formula is C15H12FN3OS. The summed E-state index contributed by atoms with van der Waals surface area (Å²) in [6, 6.07) is 9.77. The van der Waals surface area contributed by atoms with Gasteiger partial charge in [-0.25, -0.2) is 14.4 Å². The summed E-state index contributed by atoms with van der Waals surface area (Å²) in [6.45, 7) is 0. The molecular weight excluding hydrogens is 289 g/mol. The molecule has 3 rings (SSSR count). The number of nitrogens with two attached hydrogens (primary N) is 1. The summed E-state index contributed by atoms with van der Waals surface area (Å²) < 4.78 is 18.5. The number of pyridine rings is 1. The number of aromatic nitrogens is 2. The molecule has 0 aliphatic carbocycles. The molecule has 2 N–H and O–H groups in total. The summed E-state index contributed by atoms with van der Waals surface area (Å²) in [4.78, 5) is 9.24. The zero-order valence-corrected chi connectivity index (χ0v) is 11.8. The first kappa shape index (κ1) is 13.6. The molecule has 3 aromatic rings. The van der Waals surface area contributed by atoms with Gasteiger partial charge in [0.1, 0.15) is 11.6 Å². The normalized spacial score (nSPS) is 10.7. The molecule has 21 heavy (non-hydrogen) atoms. The molecule has 0 aliphatic rings. The number of rotatable bonds is 4. The molecule has 0 amide bonds. The predicted octanol–water partition coefficient (Wildman–Crippen LogP) is 3.75. The summed E-state index contributed by atoms with van der Waals surface area (Å²) >= 11 is 1.56. The van der Waals surface area contributed by atoms with Crippen LogP contribution in [0.15, 0.2) is 58.1 Å². The number of oxazole rings is 1. The van der Waals surface area contributed by atoms with Gasteiger partial charge < -0.3 is 10.2 Å². The van der Waals surface area contributed by atoms with E-state index in [1.54, 1.807) is 42.4 Å². The van der Waals surface area contributed by atoms with Crippen LogP contribution in [0.25, 0.3) is 11.3 Å². The van der Waals surface area contributed by atoms with Crippen LogP contribution in [0, 0.1) is 5.82 Å². The summed E-state index contributed by atoms with van der Waals surface area (Å²) in [6.07, 6.45) is 3.36. The lowest BCUT2D eigenvalue weighted by Crippen LogP contribution is -1.88. The molecule has 1 aromatic carbocycles. The smallest absolute Gasteiger partial charge is 0.205 e. The molecule has 0 atom stereocenters. The topological polar surface area (TPSA) is 64.9 Å². The number of nitrogen functional groups attached to an aromatic ring is 1. The first-order valence-corrected chi connectivity index (χ1v) is 7.24. The van der Waals surface area contributed by atoms with Crippen LogP contribution in [0.5, 0.6) is 0 Å². The van der Waals surface area contributed by atoms with E-state index < -0.39 is 0 Å².